The Balaban J connectivity index is 0.000000148. The van der Waals surface area contributed by atoms with Crippen molar-refractivity contribution in [3.05, 3.63) is 29.8 Å². The second kappa shape index (κ2) is 8.12. The lowest BCUT2D eigenvalue weighted by Crippen LogP contribution is -2.48. The summed E-state index contributed by atoms with van der Waals surface area (Å²) < 4.78 is 25.5. The summed E-state index contributed by atoms with van der Waals surface area (Å²) in [7, 11) is -3.12. The molecule has 176 valence electrons. The van der Waals surface area contributed by atoms with Gasteiger partial charge in [-0.2, -0.15) is 0 Å². The molecule has 0 saturated heterocycles. The predicted molar refractivity (Wildman–Crippen MR) is 127 cm³/mol. The van der Waals surface area contributed by atoms with Crippen molar-refractivity contribution < 1.29 is 13.5 Å². The van der Waals surface area contributed by atoms with Gasteiger partial charge in [0.25, 0.3) is 0 Å². The molecule has 8 saturated carbocycles. The minimum atomic E-state index is -3.12. The maximum absolute atomic E-state index is 12.7. The Morgan fingerprint density at radius 3 is 1.53 bits per heavy atom. The van der Waals surface area contributed by atoms with E-state index in [1.54, 1.807) is 12.1 Å². The molecule has 3 nitrogen and oxygen atoms in total. The zero-order valence-electron chi connectivity index (χ0n) is 19.5. The van der Waals surface area contributed by atoms with Crippen LogP contribution in [-0.2, 0) is 9.84 Å². The van der Waals surface area contributed by atoms with Gasteiger partial charge in [-0.15, -0.1) is 0 Å². The number of sulfone groups is 1. The molecule has 0 atom stereocenters. The summed E-state index contributed by atoms with van der Waals surface area (Å²) in [4.78, 5) is 0.516. The predicted octanol–water partition coefficient (Wildman–Crippen LogP) is 5.64. The average molecular weight is 457 g/mol. The standard InChI is InChI=1S/C18H24O2S.C10H16O/c1-12-2-4-17(5-3-12)21(19,20)11-18-15-7-13-6-14(9-15)10-16(18)8-13;11-10-8-2-6-1-7(4-8)5-9(10)3-6/h2-5,13-16,18H,6-11H2,1H3;6-11H,1-5H2. The van der Waals surface area contributed by atoms with Crippen LogP contribution in [0.25, 0.3) is 0 Å². The molecule has 1 aromatic carbocycles. The van der Waals surface area contributed by atoms with Crippen molar-refractivity contribution in [3.63, 3.8) is 0 Å². The van der Waals surface area contributed by atoms with Gasteiger partial charge in [0, 0.05) is 0 Å². The fourth-order valence-electron chi connectivity index (χ4n) is 9.30. The van der Waals surface area contributed by atoms with Crippen LogP contribution in [0.3, 0.4) is 0 Å². The number of hydrogen-bond acceptors (Lipinski definition) is 3. The molecule has 4 heteroatoms. The normalized spacial score (nSPS) is 45.6. The topological polar surface area (TPSA) is 54.4 Å². The number of hydrogen-bond donors (Lipinski definition) is 1. The third-order valence-corrected chi connectivity index (χ3v) is 12.2. The lowest BCUT2D eigenvalue weighted by molar-refractivity contribution is -0.0919. The van der Waals surface area contributed by atoms with Crippen molar-refractivity contribution in [2.75, 3.05) is 5.75 Å². The first-order valence-corrected chi connectivity index (χ1v) is 15.0. The van der Waals surface area contributed by atoms with E-state index in [1.165, 1.54) is 64.2 Å². The minimum Gasteiger partial charge on any atom is -0.393 e. The molecule has 0 spiro atoms. The quantitative estimate of drug-likeness (QED) is 0.640. The molecule has 1 aromatic rings. The second-order valence-corrected chi connectivity index (χ2v) is 14.6. The summed E-state index contributed by atoms with van der Waals surface area (Å²) in [6.07, 6.45) is 13.5. The molecule has 32 heavy (non-hydrogen) atoms. The average Bonchev–Trinajstić information content (AvgIpc) is 2.74. The second-order valence-electron chi connectivity index (χ2n) is 12.6. The van der Waals surface area contributed by atoms with Crippen molar-refractivity contribution in [1.29, 1.82) is 0 Å². The molecular weight excluding hydrogens is 416 g/mol. The molecule has 9 rings (SSSR count). The van der Waals surface area contributed by atoms with Gasteiger partial charge >= 0.3 is 0 Å². The number of benzene rings is 1. The molecule has 1 N–H and O–H groups in total. The van der Waals surface area contributed by atoms with Crippen LogP contribution >= 0.6 is 0 Å². The van der Waals surface area contributed by atoms with Crippen molar-refractivity contribution in [3.8, 4) is 0 Å². The monoisotopic (exact) mass is 456 g/mol. The largest absolute Gasteiger partial charge is 0.393 e. The van der Waals surface area contributed by atoms with E-state index in [-0.39, 0.29) is 6.10 Å². The van der Waals surface area contributed by atoms with Crippen LogP contribution in [0.4, 0.5) is 0 Å². The van der Waals surface area contributed by atoms with Gasteiger partial charge in [-0.05, 0) is 137 Å². The van der Waals surface area contributed by atoms with E-state index >= 15 is 0 Å². The van der Waals surface area contributed by atoms with Crippen LogP contribution in [0.2, 0.25) is 0 Å². The minimum absolute atomic E-state index is 0.0859. The van der Waals surface area contributed by atoms with E-state index in [4.69, 9.17) is 0 Å². The Bertz CT molecular complexity index is 878. The van der Waals surface area contributed by atoms with Crippen LogP contribution in [0, 0.1) is 60.2 Å². The van der Waals surface area contributed by atoms with Gasteiger partial charge in [0.15, 0.2) is 9.84 Å². The summed E-state index contributed by atoms with van der Waals surface area (Å²) in [5.74, 6) is 7.38. The van der Waals surface area contributed by atoms with E-state index in [9.17, 15) is 13.5 Å². The van der Waals surface area contributed by atoms with Crippen LogP contribution in [0.15, 0.2) is 29.2 Å². The summed E-state index contributed by atoms with van der Waals surface area (Å²) in [6.45, 7) is 1.99. The Hall–Kier alpha value is -0.870. The Labute approximate surface area is 194 Å². The van der Waals surface area contributed by atoms with Crippen LogP contribution in [0.1, 0.15) is 69.8 Å². The third-order valence-electron chi connectivity index (χ3n) is 10.4. The highest BCUT2D eigenvalue weighted by molar-refractivity contribution is 7.91. The van der Waals surface area contributed by atoms with Crippen molar-refractivity contribution in [2.24, 2.45) is 53.3 Å². The summed E-state index contributed by atoms with van der Waals surface area (Å²) in [5.41, 5.74) is 1.11. The van der Waals surface area contributed by atoms with Gasteiger partial charge in [-0.25, -0.2) is 8.42 Å². The molecule has 0 aromatic heterocycles. The molecule has 8 aliphatic rings. The first-order chi connectivity index (χ1) is 15.3. The van der Waals surface area contributed by atoms with Crippen molar-refractivity contribution in [2.45, 2.75) is 82.1 Å². The molecule has 8 fully saturated rings. The van der Waals surface area contributed by atoms with Gasteiger partial charge in [0.05, 0.1) is 16.8 Å². The number of aliphatic hydroxyl groups is 1. The Morgan fingerprint density at radius 2 is 1.09 bits per heavy atom. The molecule has 0 unspecified atom stereocenters. The highest BCUT2D eigenvalue weighted by Crippen LogP contribution is 2.57. The highest BCUT2D eigenvalue weighted by atomic mass is 32.2. The lowest BCUT2D eigenvalue weighted by atomic mass is 9.52. The first-order valence-electron chi connectivity index (χ1n) is 13.3. The van der Waals surface area contributed by atoms with Crippen molar-refractivity contribution in [1.82, 2.24) is 0 Å². The molecule has 0 aliphatic heterocycles. The van der Waals surface area contributed by atoms with Crippen LogP contribution in [-0.4, -0.2) is 25.4 Å². The van der Waals surface area contributed by atoms with E-state index in [0.29, 0.717) is 40.2 Å². The summed E-state index contributed by atoms with van der Waals surface area (Å²) in [5, 5.41) is 9.83. The van der Waals surface area contributed by atoms with Gasteiger partial charge in [0.1, 0.15) is 0 Å². The van der Waals surface area contributed by atoms with Gasteiger partial charge in [-0.3, -0.25) is 0 Å². The van der Waals surface area contributed by atoms with Crippen molar-refractivity contribution >= 4 is 9.84 Å². The maximum atomic E-state index is 12.7. The number of aryl methyl sites for hydroxylation is 1. The van der Waals surface area contributed by atoms with Crippen LogP contribution < -0.4 is 0 Å². The van der Waals surface area contributed by atoms with E-state index in [0.717, 1.165) is 29.2 Å². The van der Waals surface area contributed by atoms with Gasteiger partial charge in [-0.1, -0.05) is 17.7 Å². The summed E-state index contributed by atoms with van der Waals surface area (Å²) in [6, 6.07) is 7.37. The molecule has 0 radical (unpaired) electrons. The number of rotatable bonds is 3. The zero-order valence-corrected chi connectivity index (χ0v) is 20.3. The zero-order chi connectivity index (χ0) is 22.0. The van der Waals surface area contributed by atoms with E-state index in [2.05, 4.69) is 0 Å². The fraction of sp³-hybridized carbons (Fsp3) is 0.786. The Morgan fingerprint density at radius 1 is 0.688 bits per heavy atom. The number of aliphatic hydroxyl groups excluding tert-OH is 1. The Kier molecular flexibility index (Phi) is 5.49. The fourth-order valence-corrected chi connectivity index (χ4v) is 11.1. The third kappa shape index (κ3) is 3.98. The molecular formula is C28H40O3S. The lowest BCUT2D eigenvalue weighted by Gasteiger charge is -2.54. The smallest absolute Gasteiger partial charge is 0.178 e. The van der Waals surface area contributed by atoms with E-state index < -0.39 is 9.84 Å². The molecule has 0 amide bonds. The van der Waals surface area contributed by atoms with Gasteiger partial charge in [0.2, 0.25) is 0 Å². The molecule has 8 bridgehead atoms. The highest BCUT2D eigenvalue weighted by Gasteiger charge is 2.49. The van der Waals surface area contributed by atoms with E-state index in [1.807, 2.05) is 19.1 Å². The summed E-state index contributed by atoms with van der Waals surface area (Å²) >= 11 is 0. The SMILES string of the molecule is Cc1ccc(S(=O)(=O)CC2C3CC4CC(C3)CC2C4)cc1.OC1C2CC3CC(C2)CC1C3. The van der Waals surface area contributed by atoms with Crippen LogP contribution in [0.5, 0.6) is 0 Å². The van der Waals surface area contributed by atoms with Gasteiger partial charge < -0.3 is 5.11 Å². The maximum Gasteiger partial charge on any atom is 0.178 e. The molecule has 0 heterocycles. The molecule has 8 aliphatic carbocycles. The first kappa shape index (κ1) is 21.6.